The molecule has 0 N–H and O–H groups in total. The average molecular weight is 345 g/mol. The van der Waals surface area contributed by atoms with Crippen LogP contribution in [0.2, 0.25) is 5.02 Å². The molecule has 6 rings (SSSR count). The first-order chi connectivity index (χ1) is 11.7. The molecule has 0 radical (unpaired) electrons. The van der Waals surface area contributed by atoms with E-state index in [4.69, 9.17) is 11.6 Å². The lowest BCUT2D eigenvalue weighted by Gasteiger charge is -2.58. The number of rotatable bonds is 3. The SMILES string of the molecule is Clc1ccc(CN2CCN(C3C4CC5CC(C4)CC3C5)CC2)cc1. The molecule has 1 aliphatic heterocycles. The molecular weight excluding hydrogens is 316 g/mol. The summed E-state index contributed by atoms with van der Waals surface area (Å²) in [7, 11) is 0. The van der Waals surface area contributed by atoms with Gasteiger partial charge in [-0.05, 0) is 73.5 Å². The van der Waals surface area contributed by atoms with E-state index in [1.54, 1.807) is 32.1 Å². The van der Waals surface area contributed by atoms with Crippen LogP contribution in [0.4, 0.5) is 0 Å². The van der Waals surface area contributed by atoms with Crippen molar-refractivity contribution in [3.05, 3.63) is 34.9 Å². The molecule has 5 fully saturated rings. The zero-order valence-electron chi connectivity index (χ0n) is 14.5. The van der Waals surface area contributed by atoms with Crippen molar-refractivity contribution in [2.45, 2.75) is 44.7 Å². The summed E-state index contributed by atoms with van der Waals surface area (Å²) in [6.07, 6.45) is 7.74. The predicted molar refractivity (Wildman–Crippen MR) is 99.1 cm³/mol. The molecule has 130 valence electrons. The summed E-state index contributed by atoms with van der Waals surface area (Å²) in [5.41, 5.74) is 1.39. The van der Waals surface area contributed by atoms with Crippen LogP contribution >= 0.6 is 11.6 Å². The van der Waals surface area contributed by atoms with E-state index >= 15 is 0 Å². The normalized spacial score (nSPS) is 39.5. The minimum absolute atomic E-state index is 0.838. The summed E-state index contributed by atoms with van der Waals surface area (Å²) in [5, 5.41) is 0.838. The van der Waals surface area contributed by atoms with Crippen molar-refractivity contribution in [3.63, 3.8) is 0 Å². The van der Waals surface area contributed by atoms with E-state index in [-0.39, 0.29) is 0 Å². The van der Waals surface area contributed by atoms with Crippen LogP contribution < -0.4 is 0 Å². The second-order valence-corrected chi connectivity index (χ2v) is 9.30. The fraction of sp³-hybridized carbons (Fsp3) is 0.714. The minimum Gasteiger partial charge on any atom is -0.297 e. The molecule has 4 aliphatic carbocycles. The molecule has 0 amide bonds. The first-order valence-corrected chi connectivity index (χ1v) is 10.3. The van der Waals surface area contributed by atoms with Crippen LogP contribution in [-0.2, 0) is 6.54 Å². The molecule has 4 saturated carbocycles. The molecule has 24 heavy (non-hydrogen) atoms. The summed E-state index contributed by atoms with van der Waals surface area (Å²) < 4.78 is 0. The van der Waals surface area contributed by atoms with E-state index in [9.17, 15) is 0 Å². The Bertz CT molecular complexity index is 548. The largest absolute Gasteiger partial charge is 0.297 e. The van der Waals surface area contributed by atoms with E-state index in [0.29, 0.717) is 0 Å². The van der Waals surface area contributed by atoms with Gasteiger partial charge in [0.2, 0.25) is 0 Å². The number of nitrogens with zero attached hydrogens (tertiary/aromatic N) is 2. The van der Waals surface area contributed by atoms with Crippen LogP contribution in [0.5, 0.6) is 0 Å². The van der Waals surface area contributed by atoms with Gasteiger partial charge in [-0.2, -0.15) is 0 Å². The van der Waals surface area contributed by atoms with Crippen molar-refractivity contribution >= 4 is 11.6 Å². The van der Waals surface area contributed by atoms with Crippen LogP contribution in [-0.4, -0.2) is 42.0 Å². The zero-order chi connectivity index (χ0) is 16.1. The quantitative estimate of drug-likeness (QED) is 0.807. The summed E-state index contributed by atoms with van der Waals surface area (Å²) in [6, 6.07) is 9.30. The maximum Gasteiger partial charge on any atom is 0.0406 e. The van der Waals surface area contributed by atoms with Crippen LogP contribution in [0.25, 0.3) is 0 Å². The smallest absolute Gasteiger partial charge is 0.0406 e. The van der Waals surface area contributed by atoms with E-state index in [1.807, 2.05) is 12.1 Å². The Balaban J connectivity index is 1.19. The number of halogens is 1. The Hall–Kier alpha value is -0.570. The van der Waals surface area contributed by atoms with Gasteiger partial charge < -0.3 is 0 Å². The number of piperazine rings is 1. The van der Waals surface area contributed by atoms with Gasteiger partial charge >= 0.3 is 0 Å². The van der Waals surface area contributed by atoms with Crippen molar-refractivity contribution in [2.24, 2.45) is 23.7 Å². The summed E-state index contributed by atoms with van der Waals surface area (Å²) in [5.74, 6) is 4.25. The van der Waals surface area contributed by atoms with Crippen LogP contribution in [0.15, 0.2) is 24.3 Å². The fourth-order valence-electron chi connectivity index (χ4n) is 6.56. The summed E-state index contributed by atoms with van der Waals surface area (Å²) in [6.45, 7) is 6.09. The molecule has 1 saturated heterocycles. The Kier molecular flexibility index (Phi) is 4.11. The van der Waals surface area contributed by atoms with Crippen LogP contribution in [0.1, 0.15) is 37.7 Å². The standard InChI is InChI=1S/C21H29ClN2/c22-20-3-1-15(2-4-20)14-23-5-7-24(8-6-23)21-18-10-16-9-17(12-18)13-19(21)11-16/h1-4,16-19,21H,5-14H2. The van der Waals surface area contributed by atoms with Gasteiger partial charge in [-0.3, -0.25) is 9.80 Å². The molecule has 0 spiro atoms. The first kappa shape index (κ1) is 15.7. The number of hydrogen-bond donors (Lipinski definition) is 0. The Labute approximate surface area is 151 Å². The predicted octanol–water partition coefficient (Wildman–Crippen LogP) is 4.28. The maximum atomic E-state index is 6.00. The molecule has 0 aromatic heterocycles. The van der Waals surface area contributed by atoms with Crippen molar-refractivity contribution in [1.29, 1.82) is 0 Å². The van der Waals surface area contributed by atoms with Crippen molar-refractivity contribution in [1.82, 2.24) is 9.80 Å². The molecule has 3 heteroatoms. The zero-order valence-corrected chi connectivity index (χ0v) is 15.3. The molecule has 1 aromatic carbocycles. The van der Waals surface area contributed by atoms with Gasteiger partial charge in [0.1, 0.15) is 0 Å². The lowest BCUT2D eigenvalue weighted by Crippen LogP contribution is -2.60. The van der Waals surface area contributed by atoms with E-state index in [2.05, 4.69) is 21.9 Å². The molecule has 4 bridgehead atoms. The van der Waals surface area contributed by atoms with Crippen molar-refractivity contribution in [3.8, 4) is 0 Å². The van der Waals surface area contributed by atoms with Gasteiger partial charge in [-0.15, -0.1) is 0 Å². The van der Waals surface area contributed by atoms with E-state index in [0.717, 1.165) is 41.3 Å². The first-order valence-electron chi connectivity index (χ1n) is 9.95. The maximum absolute atomic E-state index is 6.00. The van der Waals surface area contributed by atoms with Gasteiger partial charge in [0.25, 0.3) is 0 Å². The molecule has 1 heterocycles. The number of hydrogen-bond acceptors (Lipinski definition) is 2. The molecule has 5 aliphatic rings. The average Bonchev–Trinajstić information content (AvgIpc) is 2.57. The molecule has 2 nitrogen and oxygen atoms in total. The van der Waals surface area contributed by atoms with E-state index < -0.39 is 0 Å². The van der Waals surface area contributed by atoms with Crippen molar-refractivity contribution in [2.75, 3.05) is 26.2 Å². The van der Waals surface area contributed by atoms with Gasteiger partial charge in [0.15, 0.2) is 0 Å². The van der Waals surface area contributed by atoms with Gasteiger partial charge in [-0.1, -0.05) is 23.7 Å². The third kappa shape index (κ3) is 2.91. The minimum atomic E-state index is 0.838. The monoisotopic (exact) mass is 344 g/mol. The number of benzene rings is 1. The molecule has 0 unspecified atom stereocenters. The second-order valence-electron chi connectivity index (χ2n) is 8.86. The molecule has 0 atom stereocenters. The van der Waals surface area contributed by atoms with Gasteiger partial charge in [0, 0.05) is 43.8 Å². The van der Waals surface area contributed by atoms with Gasteiger partial charge in [0.05, 0.1) is 0 Å². The topological polar surface area (TPSA) is 6.48 Å². The molecular formula is C21H29ClN2. The summed E-state index contributed by atoms with van der Waals surface area (Å²) in [4.78, 5) is 5.50. The fourth-order valence-corrected chi connectivity index (χ4v) is 6.69. The third-order valence-corrected chi connectivity index (χ3v) is 7.58. The van der Waals surface area contributed by atoms with Crippen LogP contribution in [0, 0.1) is 23.7 Å². The molecule has 1 aromatic rings. The highest BCUT2D eigenvalue weighted by Gasteiger charge is 2.50. The lowest BCUT2D eigenvalue weighted by atomic mass is 9.54. The highest BCUT2D eigenvalue weighted by molar-refractivity contribution is 6.30. The van der Waals surface area contributed by atoms with Crippen LogP contribution in [0.3, 0.4) is 0 Å². The highest BCUT2D eigenvalue weighted by Crippen LogP contribution is 2.55. The highest BCUT2D eigenvalue weighted by atomic mass is 35.5. The van der Waals surface area contributed by atoms with Crippen molar-refractivity contribution < 1.29 is 0 Å². The lowest BCUT2D eigenvalue weighted by molar-refractivity contribution is -0.0769. The van der Waals surface area contributed by atoms with E-state index in [1.165, 1.54) is 31.7 Å². The third-order valence-electron chi connectivity index (χ3n) is 7.32. The Morgan fingerprint density at radius 2 is 1.38 bits per heavy atom. The Morgan fingerprint density at radius 1 is 0.792 bits per heavy atom. The second kappa shape index (κ2) is 6.30. The van der Waals surface area contributed by atoms with Gasteiger partial charge in [-0.25, -0.2) is 0 Å². The Morgan fingerprint density at radius 3 is 1.96 bits per heavy atom. The summed E-state index contributed by atoms with van der Waals surface area (Å²) >= 11 is 6.00.